The highest BCUT2D eigenvalue weighted by Gasteiger charge is 2.22. The van der Waals surface area contributed by atoms with Crippen LogP contribution in [-0.2, 0) is 17.9 Å². The number of fused-ring (bicyclic) bond motifs is 1. The van der Waals surface area contributed by atoms with Crippen molar-refractivity contribution in [2.75, 3.05) is 45.3 Å². The van der Waals surface area contributed by atoms with E-state index in [4.69, 9.17) is 19.9 Å². The quantitative estimate of drug-likeness (QED) is 0.494. The number of benzene rings is 2. The maximum Gasteiger partial charge on any atom is 0.236 e. The molecule has 2 aromatic carbocycles. The number of carbonyl (C=O) groups is 1. The third kappa shape index (κ3) is 5.84. The Kier molecular flexibility index (Phi) is 7.15. The van der Waals surface area contributed by atoms with Crippen LogP contribution in [0.1, 0.15) is 11.1 Å². The lowest BCUT2D eigenvalue weighted by Gasteiger charge is -2.34. The Bertz CT molecular complexity index is 1220. The van der Waals surface area contributed by atoms with Crippen molar-refractivity contribution in [1.82, 2.24) is 20.1 Å². The van der Waals surface area contributed by atoms with Gasteiger partial charge in [0.1, 0.15) is 0 Å². The lowest BCUT2D eigenvalue weighted by molar-refractivity contribution is -0.132. The highest BCUT2D eigenvalue weighted by molar-refractivity contribution is 5.78. The number of halogens is 1. The Morgan fingerprint density at radius 3 is 2.61 bits per heavy atom. The second kappa shape index (κ2) is 10.8. The van der Waals surface area contributed by atoms with Crippen LogP contribution < -0.4 is 25.3 Å². The Morgan fingerprint density at radius 1 is 1.03 bits per heavy atom. The van der Waals surface area contributed by atoms with Crippen LogP contribution in [0.2, 0.25) is 0 Å². The number of hydrogen-bond acceptors (Lipinski definition) is 8. The third-order valence-corrected chi connectivity index (χ3v) is 6.14. The maximum atomic E-state index is 14.5. The SMILES string of the molecule is Nc1ccc(Oc2ccc(CNCC(=O)N3CCN(Cc4ccc5c(c4)OCO5)CC3)cc2F)nc1. The van der Waals surface area contributed by atoms with E-state index >= 15 is 0 Å². The number of nitrogens with two attached hydrogens (primary N) is 1. The fraction of sp³-hybridized carbons (Fsp3) is 0.308. The summed E-state index contributed by atoms with van der Waals surface area (Å²) in [6, 6.07) is 13.9. The number of anilines is 1. The summed E-state index contributed by atoms with van der Waals surface area (Å²) in [4.78, 5) is 20.8. The Morgan fingerprint density at radius 2 is 1.83 bits per heavy atom. The summed E-state index contributed by atoms with van der Waals surface area (Å²) in [5.74, 6) is 1.43. The van der Waals surface area contributed by atoms with Crippen molar-refractivity contribution in [2.24, 2.45) is 0 Å². The average Bonchev–Trinajstić information content (AvgIpc) is 3.35. The Hall–Kier alpha value is -3.89. The molecule has 36 heavy (non-hydrogen) atoms. The van der Waals surface area contributed by atoms with E-state index in [1.165, 1.54) is 12.3 Å². The number of ether oxygens (including phenoxy) is 3. The number of rotatable bonds is 8. The van der Waals surface area contributed by atoms with Crippen molar-refractivity contribution in [1.29, 1.82) is 0 Å². The number of carbonyl (C=O) groups excluding carboxylic acids is 1. The Balaban J connectivity index is 1.04. The predicted octanol–water partition coefficient (Wildman–Crippen LogP) is 2.76. The number of pyridine rings is 1. The zero-order chi connectivity index (χ0) is 24.9. The van der Waals surface area contributed by atoms with Gasteiger partial charge in [-0.1, -0.05) is 12.1 Å². The monoisotopic (exact) mass is 493 g/mol. The zero-order valence-corrected chi connectivity index (χ0v) is 19.8. The molecule has 1 saturated heterocycles. The van der Waals surface area contributed by atoms with Crippen LogP contribution in [0.3, 0.4) is 0 Å². The van der Waals surface area contributed by atoms with Crippen LogP contribution in [-0.4, -0.2) is 60.2 Å². The molecule has 9 nitrogen and oxygen atoms in total. The molecule has 2 aliphatic rings. The molecule has 0 atom stereocenters. The van der Waals surface area contributed by atoms with E-state index in [9.17, 15) is 9.18 Å². The van der Waals surface area contributed by atoms with Gasteiger partial charge in [0, 0.05) is 45.3 Å². The summed E-state index contributed by atoms with van der Waals surface area (Å²) >= 11 is 0. The molecule has 1 fully saturated rings. The molecule has 10 heteroatoms. The third-order valence-electron chi connectivity index (χ3n) is 6.14. The molecule has 0 spiro atoms. The van der Waals surface area contributed by atoms with Crippen molar-refractivity contribution in [3.63, 3.8) is 0 Å². The smallest absolute Gasteiger partial charge is 0.236 e. The van der Waals surface area contributed by atoms with Gasteiger partial charge in [-0.3, -0.25) is 9.69 Å². The number of piperazine rings is 1. The molecular weight excluding hydrogens is 465 g/mol. The number of nitrogens with zero attached hydrogens (tertiary/aromatic N) is 3. The number of nitrogens with one attached hydrogen (secondary N) is 1. The van der Waals surface area contributed by atoms with Crippen LogP contribution >= 0.6 is 0 Å². The average molecular weight is 494 g/mol. The fourth-order valence-electron chi connectivity index (χ4n) is 4.18. The van der Waals surface area contributed by atoms with Gasteiger partial charge >= 0.3 is 0 Å². The minimum Gasteiger partial charge on any atom is -0.454 e. The van der Waals surface area contributed by atoms with Crippen LogP contribution in [0, 0.1) is 5.82 Å². The highest BCUT2D eigenvalue weighted by atomic mass is 19.1. The highest BCUT2D eigenvalue weighted by Crippen LogP contribution is 2.33. The van der Waals surface area contributed by atoms with Crippen LogP contribution in [0.15, 0.2) is 54.7 Å². The minimum atomic E-state index is -0.502. The molecule has 0 bridgehead atoms. The molecule has 2 aliphatic heterocycles. The van der Waals surface area contributed by atoms with Gasteiger partial charge < -0.3 is 30.2 Å². The summed E-state index contributed by atoms with van der Waals surface area (Å²) in [5.41, 5.74) is 7.98. The van der Waals surface area contributed by atoms with Gasteiger partial charge in [-0.05, 0) is 41.5 Å². The maximum absolute atomic E-state index is 14.5. The van der Waals surface area contributed by atoms with Crippen molar-refractivity contribution in [2.45, 2.75) is 13.1 Å². The van der Waals surface area contributed by atoms with Gasteiger partial charge in [0.2, 0.25) is 18.6 Å². The first-order valence-electron chi connectivity index (χ1n) is 11.8. The van der Waals surface area contributed by atoms with E-state index in [0.717, 1.165) is 36.7 Å². The van der Waals surface area contributed by atoms with Gasteiger partial charge in [-0.15, -0.1) is 0 Å². The summed E-state index contributed by atoms with van der Waals surface area (Å²) in [6.45, 7) is 4.58. The lowest BCUT2D eigenvalue weighted by atomic mass is 10.1. The van der Waals surface area contributed by atoms with E-state index in [1.807, 2.05) is 23.1 Å². The number of aromatic nitrogens is 1. The first-order chi connectivity index (χ1) is 17.5. The molecule has 188 valence electrons. The molecule has 5 rings (SSSR count). The van der Waals surface area contributed by atoms with Gasteiger partial charge in [-0.2, -0.15) is 0 Å². The molecule has 3 heterocycles. The number of hydrogen-bond donors (Lipinski definition) is 2. The second-order valence-corrected chi connectivity index (χ2v) is 8.74. The van der Waals surface area contributed by atoms with Gasteiger partial charge in [0.15, 0.2) is 23.1 Å². The van der Waals surface area contributed by atoms with Crippen molar-refractivity contribution in [3.8, 4) is 23.1 Å². The summed E-state index contributed by atoms with van der Waals surface area (Å²) in [5, 5.41) is 3.11. The van der Waals surface area contributed by atoms with Crippen LogP contribution in [0.25, 0.3) is 0 Å². The van der Waals surface area contributed by atoms with E-state index in [1.54, 1.807) is 24.3 Å². The van der Waals surface area contributed by atoms with E-state index in [-0.39, 0.29) is 30.9 Å². The predicted molar refractivity (Wildman–Crippen MR) is 131 cm³/mol. The van der Waals surface area contributed by atoms with Gasteiger partial charge in [0.25, 0.3) is 0 Å². The topological polar surface area (TPSA) is 102 Å². The van der Waals surface area contributed by atoms with Crippen molar-refractivity contribution in [3.05, 3.63) is 71.7 Å². The van der Waals surface area contributed by atoms with Gasteiger partial charge in [0.05, 0.1) is 18.4 Å². The van der Waals surface area contributed by atoms with Crippen LogP contribution in [0.4, 0.5) is 10.1 Å². The zero-order valence-electron chi connectivity index (χ0n) is 19.8. The molecule has 0 unspecified atom stereocenters. The normalized spacial score (nSPS) is 15.2. The lowest BCUT2D eigenvalue weighted by Crippen LogP contribution is -2.50. The number of amides is 1. The molecule has 3 N–H and O–H groups in total. The first-order valence-corrected chi connectivity index (χ1v) is 11.8. The minimum absolute atomic E-state index is 0.0348. The first kappa shape index (κ1) is 23.8. The summed E-state index contributed by atoms with van der Waals surface area (Å²) in [6.07, 6.45) is 1.45. The molecule has 1 aromatic heterocycles. The summed E-state index contributed by atoms with van der Waals surface area (Å²) in [7, 11) is 0. The van der Waals surface area contributed by atoms with Crippen molar-refractivity contribution < 1.29 is 23.4 Å². The second-order valence-electron chi connectivity index (χ2n) is 8.74. The largest absolute Gasteiger partial charge is 0.454 e. The van der Waals surface area contributed by atoms with E-state index in [0.29, 0.717) is 30.9 Å². The van der Waals surface area contributed by atoms with E-state index < -0.39 is 5.82 Å². The van der Waals surface area contributed by atoms with Crippen LogP contribution in [0.5, 0.6) is 23.1 Å². The summed E-state index contributed by atoms with van der Waals surface area (Å²) < 4.78 is 30.7. The molecule has 3 aromatic rings. The Labute approximate surface area is 208 Å². The fourth-order valence-corrected chi connectivity index (χ4v) is 4.18. The standard InChI is InChI=1S/C26H28FN5O4/c27-21-11-18(1-4-22(21)36-25-6-3-20(28)14-30-25)13-29-15-26(33)32-9-7-31(8-10-32)16-19-2-5-23-24(12-19)35-17-34-23/h1-6,11-12,14,29H,7-10,13,15-17,28H2. The molecular formula is C26H28FN5O4. The van der Waals surface area contributed by atoms with E-state index in [2.05, 4.69) is 15.2 Å². The van der Waals surface area contributed by atoms with Crippen molar-refractivity contribution >= 4 is 11.6 Å². The molecule has 1 amide bonds. The molecule has 0 radical (unpaired) electrons. The van der Waals surface area contributed by atoms with Gasteiger partial charge in [-0.25, -0.2) is 9.37 Å². The molecule has 0 aliphatic carbocycles. The number of nitrogen functional groups attached to an aromatic ring is 1. The molecule has 0 saturated carbocycles.